The SMILES string of the molecule is CC(C)CCCCCCCCCCCCCCCCCCC(=O)O[C@H](COC(=O)CCCCCCCCCCCCCCC(C)C)COP(=O)(O)OCC(O)COP(=O)(O)OC[C@@H](COC(=O)CCCCCCCCCC(C)C)OC(=O)CCCCCCCCCCCCCCCC(C)C. The lowest BCUT2D eigenvalue weighted by atomic mass is 10.0. The van der Waals surface area contributed by atoms with E-state index in [1.165, 1.54) is 212 Å². The molecule has 0 aromatic heterocycles. The third kappa shape index (κ3) is 74.3. The molecule has 0 saturated heterocycles. The van der Waals surface area contributed by atoms with Gasteiger partial charge in [-0.2, -0.15) is 0 Å². The number of aliphatic hydroxyl groups is 1. The van der Waals surface area contributed by atoms with E-state index in [2.05, 4.69) is 55.4 Å². The van der Waals surface area contributed by atoms with Crippen LogP contribution in [0.1, 0.15) is 415 Å². The Labute approximate surface area is 613 Å². The molecule has 17 nitrogen and oxygen atoms in total. The maximum absolute atomic E-state index is 13.1. The van der Waals surface area contributed by atoms with Crippen LogP contribution in [0.4, 0.5) is 0 Å². The van der Waals surface area contributed by atoms with Crippen molar-refractivity contribution in [1.29, 1.82) is 0 Å². The number of esters is 4. The summed E-state index contributed by atoms with van der Waals surface area (Å²) in [6, 6.07) is 0. The lowest BCUT2D eigenvalue weighted by Gasteiger charge is -2.21. The molecule has 0 aliphatic heterocycles. The Morgan fingerprint density at radius 1 is 0.250 bits per heavy atom. The summed E-state index contributed by atoms with van der Waals surface area (Å²) in [5.74, 6) is 0.968. The van der Waals surface area contributed by atoms with E-state index >= 15 is 0 Å². The number of hydrogen-bond donors (Lipinski definition) is 3. The van der Waals surface area contributed by atoms with Gasteiger partial charge in [0.2, 0.25) is 0 Å². The minimum Gasteiger partial charge on any atom is -0.462 e. The number of carbonyl (C=O) groups is 4. The molecule has 3 unspecified atom stereocenters. The number of phosphoric acid groups is 2. The van der Waals surface area contributed by atoms with Crippen LogP contribution in [0.2, 0.25) is 0 Å². The number of hydrogen-bond acceptors (Lipinski definition) is 15. The van der Waals surface area contributed by atoms with E-state index in [9.17, 15) is 43.2 Å². The molecule has 0 aromatic rings. The van der Waals surface area contributed by atoms with Crippen LogP contribution in [0.15, 0.2) is 0 Å². The number of unbranched alkanes of at least 4 members (excludes halogenated alkanes) is 44. The Morgan fingerprint density at radius 2 is 0.420 bits per heavy atom. The Balaban J connectivity index is 5.24. The fourth-order valence-corrected chi connectivity index (χ4v) is 14.0. The minimum absolute atomic E-state index is 0.106. The van der Waals surface area contributed by atoms with Crippen molar-refractivity contribution in [3.8, 4) is 0 Å². The van der Waals surface area contributed by atoms with Gasteiger partial charge in [0, 0.05) is 25.7 Å². The first-order valence-electron chi connectivity index (χ1n) is 41.7. The third-order valence-electron chi connectivity index (χ3n) is 18.8. The van der Waals surface area contributed by atoms with Crippen LogP contribution in [-0.2, 0) is 65.4 Å². The topological polar surface area (TPSA) is 237 Å². The van der Waals surface area contributed by atoms with Crippen molar-refractivity contribution in [2.75, 3.05) is 39.6 Å². The van der Waals surface area contributed by atoms with E-state index in [0.717, 1.165) is 114 Å². The highest BCUT2D eigenvalue weighted by atomic mass is 31.2. The predicted molar refractivity (Wildman–Crippen MR) is 409 cm³/mol. The van der Waals surface area contributed by atoms with Crippen LogP contribution in [0.5, 0.6) is 0 Å². The van der Waals surface area contributed by atoms with E-state index in [1.807, 2.05) is 0 Å². The van der Waals surface area contributed by atoms with Gasteiger partial charge in [-0.1, -0.05) is 364 Å². The zero-order valence-corrected chi connectivity index (χ0v) is 67.6. The van der Waals surface area contributed by atoms with Crippen molar-refractivity contribution in [1.82, 2.24) is 0 Å². The van der Waals surface area contributed by atoms with E-state index in [-0.39, 0.29) is 25.7 Å². The second kappa shape index (κ2) is 70.1. The van der Waals surface area contributed by atoms with Crippen LogP contribution in [0.25, 0.3) is 0 Å². The van der Waals surface area contributed by atoms with Gasteiger partial charge in [-0.25, -0.2) is 9.13 Å². The zero-order valence-electron chi connectivity index (χ0n) is 65.8. The van der Waals surface area contributed by atoms with Crippen molar-refractivity contribution in [3.63, 3.8) is 0 Å². The second-order valence-corrected chi connectivity index (χ2v) is 34.0. The standard InChI is InChI=1S/C81H158O17P2/c1-71(2)57-49-41-33-26-20-14-11-9-10-12-16-24-30-38-47-55-63-80(85)97-76(67-91-78(83)61-53-45-37-29-23-19-18-22-28-35-43-51-59-73(5)6)69-95-99(87,88)93-65-75(82)66-94-100(89,90)96-70-77(68-92-79(84)62-54-46-40-32-36-44-52-60-74(7)8)98-81(86)64-56-48-39-31-25-17-13-15-21-27-34-42-50-58-72(3)4/h71-77,82H,9-70H2,1-8H3,(H,87,88)(H,89,90)/t75?,76-,77-/m1/s1. The van der Waals surface area contributed by atoms with Crippen LogP contribution in [0, 0.1) is 23.7 Å². The summed E-state index contributed by atoms with van der Waals surface area (Å²) in [5, 5.41) is 10.6. The Kier molecular flexibility index (Phi) is 68.7. The molecular weight excluding hydrogens is 1310 g/mol. The second-order valence-electron chi connectivity index (χ2n) is 31.1. The van der Waals surface area contributed by atoms with Gasteiger partial charge < -0.3 is 33.8 Å². The summed E-state index contributed by atoms with van der Waals surface area (Å²) in [4.78, 5) is 73.0. The molecule has 0 heterocycles. The third-order valence-corrected chi connectivity index (χ3v) is 20.7. The van der Waals surface area contributed by atoms with E-state index in [4.69, 9.17) is 37.0 Å². The number of rotatable bonds is 78. The molecule has 0 aromatic carbocycles. The predicted octanol–water partition coefficient (Wildman–Crippen LogP) is 24.0. The number of phosphoric ester groups is 2. The maximum atomic E-state index is 13.1. The van der Waals surface area contributed by atoms with Gasteiger partial charge in [-0.3, -0.25) is 37.3 Å². The van der Waals surface area contributed by atoms with Gasteiger partial charge in [0.05, 0.1) is 26.4 Å². The Morgan fingerprint density at radius 3 is 0.620 bits per heavy atom. The molecule has 0 saturated carbocycles. The lowest BCUT2D eigenvalue weighted by Crippen LogP contribution is -2.30. The molecule has 3 N–H and O–H groups in total. The molecule has 0 rings (SSSR count). The van der Waals surface area contributed by atoms with Crippen LogP contribution in [0.3, 0.4) is 0 Å². The van der Waals surface area contributed by atoms with Crippen LogP contribution >= 0.6 is 15.6 Å². The van der Waals surface area contributed by atoms with Gasteiger partial charge in [-0.15, -0.1) is 0 Å². The van der Waals surface area contributed by atoms with Crippen LogP contribution < -0.4 is 0 Å². The number of aliphatic hydroxyl groups excluding tert-OH is 1. The van der Waals surface area contributed by atoms with E-state index < -0.39 is 97.5 Å². The first-order valence-corrected chi connectivity index (χ1v) is 44.7. The van der Waals surface area contributed by atoms with Crippen molar-refractivity contribution in [3.05, 3.63) is 0 Å². The smallest absolute Gasteiger partial charge is 0.462 e. The van der Waals surface area contributed by atoms with Crippen molar-refractivity contribution >= 4 is 39.5 Å². The van der Waals surface area contributed by atoms with Gasteiger partial charge >= 0.3 is 39.5 Å². The molecule has 5 atom stereocenters. The average Bonchev–Trinajstić information content (AvgIpc) is 1.11. The van der Waals surface area contributed by atoms with Crippen molar-refractivity contribution < 1.29 is 80.2 Å². The molecule has 0 fully saturated rings. The molecular formula is C81H158O17P2. The normalized spacial score (nSPS) is 14.0. The summed E-state index contributed by atoms with van der Waals surface area (Å²) in [7, 11) is -9.92. The highest BCUT2D eigenvalue weighted by molar-refractivity contribution is 7.47. The molecule has 0 amide bonds. The summed E-state index contributed by atoms with van der Waals surface area (Å²) < 4.78 is 68.7. The van der Waals surface area contributed by atoms with Gasteiger partial charge in [0.15, 0.2) is 12.2 Å². The number of ether oxygens (including phenoxy) is 4. The largest absolute Gasteiger partial charge is 0.472 e. The fraction of sp³-hybridized carbons (Fsp3) is 0.951. The molecule has 594 valence electrons. The summed E-state index contributed by atoms with van der Waals surface area (Å²) in [5.41, 5.74) is 0. The molecule has 19 heteroatoms. The summed E-state index contributed by atoms with van der Waals surface area (Å²) in [6.45, 7) is 14.2. The van der Waals surface area contributed by atoms with E-state index in [1.54, 1.807) is 0 Å². The lowest BCUT2D eigenvalue weighted by molar-refractivity contribution is -0.161. The highest BCUT2D eigenvalue weighted by Gasteiger charge is 2.30. The van der Waals surface area contributed by atoms with Crippen molar-refractivity contribution in [2.24, 2.45) is 23.7 Å². The molecule has 100 heavy (non-hydrogen) atoms. The van der Waals surface area contributed by atoms with E-state index in [0.29, 0.717) is 31.6 Å². The van der Waals surface area contributed by atoms with Gasteiger partial charge in [0.25, 0.3) is 0 Å². The molecule has 0 aliphatic rings. The first-order chi connectivity index (χ1) is 48.1. The molecule has 0 spiro atoms. The van der Waals surface area contributed by atoms with Gasteiger partial charge in [-0.05, 0) is 49.4 Å². The minimum atomic E-state index is -4.96. The fourth-order valence-electron chi connectivity index (χ4n) is 12.4. The summed E-state index contributed by atoms with van der Waals surface area (Å²) in [6.07, 6.45) is 56.9. The maximum Gasteiger partial charge on any atom is 0.472 e. The van der Waals surface area contributed by atoms with Crippen LogP contribution in [-0.4, -0.2) is 96.7 Å². The summed E-state index contributed by atoms with van der Waals surface area (Å²) >= 11 is 0. The molecule has 0 aliphatic carbocycles. The monoisotopic (exact) mass is 1470 g/mol. The van der Waals surface area contributed by atoms with Crippen molar-refractivity contribution in [2.45, 2.75) is 433 Å². The zero-order chi connectivity index (χ0) is 73.8. The quantitative estimate of drug-likeness (QED) is 0.0222. The Bertz CT molecular complexity index is 1950. The Hall–Kier alpha value is -1.94. The highest BCUT2D eigenvalue weighted by Crippen LogP contribution is 2.45. The number of carbonyl (C=O) groups excluding carboxylic acids is 4. The average molecular weight is 1470 g/mol. The first kappa shape index (κ1) is 98.1. The molecule has 0 bridgehead atoms. The molecule has 0 radical (unpaired) electrons. The van der Waals surface area contributed by atoms with Gasteiger partial charge in [0.1, 0.15) is 19.3 Å².